The maximum atomic E-state index is 12.9. The van der Waals surface area contributed by atoms with Gasteiger partial charge in [-0.25, -0.2) is 9.37 Å². The van der Waals surface area contributed by atoms with Gasteiger partial charge in [-0.05, 0) is 31.2 Å². The Labute approximate surface area is 107 Å². The summed E-state index contributed by atoms with van der Waals surface area (Å²) in [7, 11) is 0. The van der Waals surface area contributed by atoms with E-state index in [0.717, 1.165) is 21.9 Å². The standard InChI is InChI=1S/C13H8FN3S/c1-8-12(6-15)18-13-16-11(7-17(8)13)9-2-4-10(14)5-3-9/h2-5,7H,1H3. The van der Waals surface area contributed by atoms with Gasteiger partial charge in [0.1, 0.15) is 16.8 Å². The summed E-state index contributed by atoms with van der Waals surface area (Å²) in [6.45, 7) is 1.89. The first-order valence-electron chi connectivity index (χ1n) is 5.33. The third-order valence-corrected chi connectivity index (χ3v) is 3.86. The van der Waals surface area contributed by atoms with Crippen molar-refractivity contribution >= 4 is 16.3 Å². The lowest BCUT2D eigenvalue weighted by Crippen LogP contribution is -1.82. The van der Waals surface area contributed by atoms with Crippen LogP contribution >= 0.6 is 11.3 Å². The predicted octanol–water partition coefficient (Wildman–Crippen LogP) is 3.38. The summed E-state index contributed by atoms with van der Waals surface area (Å²) < 4.78 is 14.7. The third kappa shape index (κ3) is 1.59. The SMILES string of the molecule is Cc1c(C#N)sc2nc(-c3ccc(F)cc3)cn12. The number of rotatable bonds is 1. The van der Waals surface area contributed by atoms with Gasteiger partial charge in [0.05, 0.1) is 5.69 Å². The highest BCUT2D eigenvalue weighted by molar-refractivity contribution is 7.17. The van der Waals surface area contributed by atoms with Crippen LogP contribution in [0.15, 0.2) is 30.5 Å². The molecule has 0 aliphatic carbocycles. The quantitative estimate of drug-likeness (QED) is 0.670. The zero-order valence-electron chi connectivity index (χ0n) is 9.51. The van der Waals surface area contributed by atoms with Gasteiger partial charge < -0.3 is 0 Å². The first-order chi connectivity index (χ1) is 8.69. The van der Waals surface area contributed by atoms with Crippen LogP contribution in [-0.2, 0) is 0 Å². The van der Waals surface area contributed by atoms with Gasteiger partial charge in [0.25, 0.3) is 0 Å². The van der Waals surface area contributed by atoms with Crippen LogP contribution in [0.3, 0.4) is 0 Å². The molecule has 3 nitrogen and oxygen atoms in total. The molecule has 0 N–H and O–H groups in total. The molecule has 1 aromatic carbocycles. The molecule has 88 valence electrons. The van der Waals surface area contributed by atoms with Crippen molar-refractivity contribution in [2.24, 2.45) is 0 Å². The molecule has 0 aliphatic rings. The van der Waals surface area contributed by atoms with E-state index in [1.807, 2.05) is 17.5 Å². The van der Waals surface area contributed by atoms with E-state index in [1.165, 1.54) is 23.5 Å². The van der Waals surface area contributed by atoms with Gasteiger partial charge in [0.2, 0.25) is 0 Å². The lowest BCUT2D eigenvalue weighted by Gasteiger charge is -1.95. The van der Waals surface area contributed by atoms with E-state index in [9.17, 15) is 4.39 Å². The van der Waals surface area contributed by atoms with Crippen molar-refractivity contribution < 1.29 is 4.39 Å². The Morgan fingerprint density at radius 3 is 2.67 bits per heavy atom. The second-order valence-corrected chi connectivity index (χ2v) is 4.89. The van der Waals surface area contributed by atoms with E-state index in [2.05, 4.69) is 11.1 Å². The average Bonchev–Trinajstić information content (AvgIpc) is 2.90. The van der Waals surface area contributed by atoms with Gasteiger partial charge in [-0.15, -0.1) is 0 Å². The number of aryl methyl sites for hydroxylation is 1. The van der Waals surface area contributed by atoms with Crippen molar-refractivity contribution in [1.29, 1.82) is 5.26 Å². The van der Waals surface area contributed by atoms with Crippen LogP contribution in [0.1, 0.15) is 10.6 Å². The Morgan fingerprint density at radius 1 is 1.33 bits per heavy atom. The van der Waals surface area contributed by atoms with E-state index in [4.69, 9.17) is 5.26 Å². The molecule has 0 saturated heterocycles. The molecule has 0 radical (unpaired) electrons. The highest BCUT2D eigenvalue weighted by Crippen LogP contribution is 2.26. The molecule has 5 heteroatoms. The van der Waals surface area contributed by atoms with Crippen molar-refractivity contribution in [3.05, 3.63) is 46.9 Å². The lowest BCUT2D eigenvalue weighted by molar-refractivity contribution is 0.628. The van der Waals surface area contributed by atoms with Crippen LogP contribution in [0.5, 0.6) is 0 Å². The summed E-state index contributed by atoms with van der Waals surface area (Å²) in [5.74, 6) is -0.261. The zero-order valence-corrected chi connectivity index (χ0v) is 10.3. The molecule has 0 aliphatic heterocycles. The normalized spacial score (nSPS) is 10.7. The van der Waals surface area contributed by atoms with E-state index < -0.39 is 0 Å². The van der Waals surface area contributed by atoms with E-state index >= 15 is 0 Å². The van der Waals surface area contributed by atoms with Gasteiger partial charge in [0.15, 0.2) is 4.96 Å². The van der Waals surface area contributed by atoms with Gasteiger partial charge >= 0.3 is 0 Å². The number of nitriles is 1. The molecule has 2 heterocycles. The number of halogens is 1. The monoisotopic (exact) mass is 257 g/mol. The van der Waals surface area contributed by atoms with Gasteiger partial charge in [-0.3, -0.25) is 4.40 Å². The minimum absolute atomic E-state index is 0.261. The van der Waals surface area contributed by atoms with Crippen LogP contribution in [0.25, 0.3) is 16.2 Å². The minimum Gasteiger partial charge on any atom is -0.293 e. The Bertz CT molecular complexity index is 762. The number of nitrogens with zero attached hydrogens (tertiary/aromatic N) is 3. The molecular weight excluding hydrogens is 249 g/mol. The molecule has 0 bridgehead atoms. The molecule has 0 spiro atoms. The van der Waals surface area contributed by atoms with E-state index in [-0.39, 0.29) is 5.82 Å². The maximum Gasteiger partial charge on any atom is 0.195 e. The fraction of sp³-hybridized carbons (Fsp3) is 0.0769. The Kier molecular flexibility index (Phi) is 2.39. The zero-order chi connectivity index (χ0) is 12.7. The van der Waals surface area contributed by atoms with E-state index in [0.29, 0.717) is 4.88 Å². The molecule has 2 aromatic heterocycles. The molecule has 0 unspecified atom stereocenters. The first kappa shape index (κ1) is 10.9. The van der Waals surface area contributed by atoms with Crippen molar-refractivity contribution in [1.82, 2.24) is 9.38 Å². The molecule has 0 amide bonds. The number of hydrogen-bond donors (Lipinski definition) is 0. The molecule has 0 atom stereocenters. The van der Waals surface area contributed by atoms with Gasteiger partial charge in [-0.1, -0.05) is 11.3 Å². The van der Waals surface area contributed by atoms with Crippen molar-refractivity contribution in [2.45, 2.75) is 6.92 Å². The number of thiazole rings is 1. The maximum absolute atomic E-state index is 12.9. The summed E-state index contributed by atoms with van der Waals surface area (Å²) in [5, 5.41) is 8.93. The Hall–Kier alpha value is -2.19. The molecule has 18 heavy (non-hydrogen) atoms. The van der Waals surface area contributed by atoms with Gasteiger partial charge in [0, 0.05) is 17.5 Å². The highest BCUT2D eigenvalue weighted by atomic mass is 32.1. The summed E-state index contributed by atoms with van der Waals surface area (Å²) in [4.78, 5) is 5.90. The number of aromatic nitrogens is 2. The fourth-order valence-corrected chi connectivity index (χ4v) is 2.72. The Morgan fingerprint density at radius 2 is 2.06 bits per heavy atom. The van der Waals surface area contributed by atoms with Crippen LogP contribution < -0.4 is 0 Å². The second kappa shape index (κ2) is 3.93. The highest BCUT2D eigenvalue weighted by Gasteiger charge is 2.12. The molecule has 0 fully saturated rings. The first-order valence-corrected chi connectivity index (χ1v) is 6.15. The van der Waals surface area contributed by atoms with Crippen LogP contribution in [0.2, 0.25) is 0 Å². The van der Waals surface area contributed by atoms with Crippen molar-refractivity contribution in [3.63, 3.8) is 0 Å². The summed E-state index contributed by atoms with van der Waals surface area (Å²) in [6, 6.07) is 8.37. The smallest absolute Gasteiger partial charge is 0.195 e. The predicted molar refractivity (Wildman–Crippen MR) is 67.9 cm³/mol. The molecule has 0 saturated carbocycles. The molecule has 3 rings (SSSR count). The molecular formula is C13H8FN3S. The lowest BCUT2D eigenvalue weighted by atomic mass is 10.2. The van der Waals surface area contributed by atoms with E-state index in [1.54, 1.807) is 12.1 Å². The molecule has 3 aromatic rings. The number of imidazole rings is 1. The summed E-state index contributed by atoms with van der Waals surface area (Å²) in [6.07, 6.45) is 1.87. The van der Waals surface area contributed by atoms with Crippen LogP contribution in [-0.4, -0.2) is 9.38 Å². The fourth-order valence-electron chi connectivity index (χ4n) is 1.81. The largest absolute Gasteiger partial charge is 0.293 e. The van der Waals surface area contributed by atoms with Crippen molar-refractivity contribution in [3.8, 4) is 17.3 Å². The van der Waals surface area contributed by atoms with Crippen LogP contribution in [0, 0.1) is 24.1 Å². The number of hydrogen-bond acceptors (Lipinski definition) is 3. The number of fused-ring (bicyclic) bond motifs is 1. The third-order valence-electron chi connectivity index (χ3n) is 2.80. The minimum atomic E-state index is -0.261. The second-order valence-electron chi connectivity index (χ2n) is 3.91. The average molecular weight is 257 g/mol. The summed E-state index contributed by atoms with van der Waals surface area (Å²) in [5.41, 5.74) is 2.54. The van der Waals surface area contributed by atoms with Gasteiger partial charge in [-0.2, -0.15) is 5.26 Å². The number of benzene rings is 1. The topological polar surface area (TPSA) is 41.1 Å². The van der Waals surface area contributed by atoms with Crippen LogP contribution in [0.4, 0.5) is 4.39 Å². The van der Waals surface area contributed by atoms with Crippen molar-refractivity contribution in [2.75, 3.05) is 0 Å². The summed E-state index contributed by atoms with van der Waals surface area (Å²) >= 11 is 1.36. The Balaban J connectivity index is 2.15.